The summed E-state index contributed by atoms with van der Waals surface area (Å²) in [5, 5.41) is 20.8. The summed E-state index contributed by atoms with van der Waals surface area (Å²) in [7, 11) is 0. The van der Waals surface area contributed by atoms with Crippen LogP contribution in [0.25, 0.3) is 11.0 Å². The smallest absolute Gasteiger partial charge is 0.296 e. The Bertz CT molecular complexity index is 1790. The highest BCUT2D eigenvalue weighted by Crippen LogP contribution is 2.45. The minimum Gasteiger partial charge on any atom is -0.503 e. The molecule has 12 heteroatoms. The fraction of sp³-hybridized carbons (Fsp3) is 0.0714. The van der Waals surface area contributed by atoms with Crippen molar-refractivity contribution in [2.45, 2.75) is 16.1 Å². The normalized spacial score (nSPS) is 15.4. The van der Waals surface area contributed by atoms with E-state index in [1.54, 1.807) is 48.5 Å². The maximum absolute atomic E-state index is 13.8. The second-order valence-corrected chi connectivity index (χ2v) is 11.7. The molecule has 0 unspecified atom stereocenters. The number of carbonyl (C=O) groups excluding carboxylic acids is 2. The molecule has 3 heterocycles. The van der Waals surface area contributed by atoms with Crippen LogP contribution in [0, 0.1) is 5.82 Å². The van der Waals surface area contributed by atoms with Crippen LogP contribution < -0.4 is 4.90 Å². The summed E-state index contributed by atoms with van der Waals surface area (Å²) in [5.74, 6) is -2.06. The zero-order chi connectivity index (χ0) is 28.0. The zero-order valence-electron chi connectivity index (χ0n) is 20.2. The van der Waals surface area contributed by atoms with Crippen molar-refractivity contribution in [3.05, 3.63) is 117 Å². The maximum atomic E-state index is 13.8. The van der Waals surface area contributed by atoms with Gasteiger partial charge in [0.2, 0.25) is 10.9 Å². The van der Waals surface area contributed by atoms with Crippen LogP contribution in [0.4, 0.5) is 9.52 Å². The standard InChI is InChI=1S/C28H16Cl2FN3O4S2/c29-18-10-7-16(11-19(18)30)23-22(24(35)21-12-15-3-1-2-4-20(15)38-21)25(36)26(37)34(23)27-32-33-28(40-27)39-13-14-5-8-17(31)9-6-14/h1-12,23,36H,13H2/t23-/m1/s1. The Labute approximate surface area is 244 Å². The van der Waals surface area contributed by atoms with Crippen LogP contribution in [0.5, 0.6) is 0 Å². The molecule has 0 bridgehead atoms. The number of halogens is 3. The first-order valence-corrected chi connectivity index (χ1v) is 14.3. The highest BCUT2D eigenvalue weighted by atomic mass is 35.5. The predicted octanol–water partition coefficient (Wildman–Crippen LogP) is 7.81. The van der Waals surface area contributed by atoms with Gasteiger partial charge in [-0.2, -0.15) is 0 Å². The molecule has 0 aliphatic carbocycles. The summed E-state index contributed by atoms with van der Waals surface area (Å²) in [4.78, 5) is 28.4. The first-order valence-electron chi connectivity index (χ1n) is 11.8. The second-order valence-electron chi connectivity index (χ2n) is 8.76. The van der Waals surface area contributed by atoms with Crippen molar-refractivity contribution in [3.8, 4) is 0 Å². The molecule has 1 amide bonds. The molecule has 3 aromatic carbocycles. The molecule has 40 heavy (non-hydrogen) atoms. The molecule has 7 nitrogen and oxygen atoms in total. The van der Waals surface area contributed by atoms with Crippen molar-refractivity contribution in [1.29, 1.82) is 0 Å². The molecule has 200 valence electrons. The van der Waals surface area contributed by atoms with E-state index in [0.29, 0.717) is 26.6 Å². The SMILES string of the molecule is O=C(C1=C(O)C(=O)N(c2nnc(SCc3ccc(F)cc3)s2)[C@@H]1c1ccc(Cl)c(Cl)c1)c1cc2ccccc2o1. The number of fused-ring (bicyclic) bond motifs is 1. The number of rotatable bonds is 7. The fourth-order valence-corrected chi connectivity index (χ4v) is 6.47. The van der Waals surface area contributed by atoms with E-state index in [0.717, 1.165) is 16.9 Å². The molecule has 0 radical (unpaired) electrons. The van der Waals surface area contributed by atoms with Crippen molar-refractivity contribution in [3.63, 3.8) is 0 Å². The van der Waals surface area contributed by atoms with E-state index in [1.807, 2.05) is 6.07 Å². The number of Topliss-reactive ketones (excluding diaryl/α,β-unsaturated/α-hetero) is 1. The van der Waals surface area contributed by atoms with Crippen molar-refractivity contribution >= 4 is 74.1 Å². The zero-order valence-corrected chi connectivity index (χ0v) is 23.3. The molecule has 1 atom stereocenters. The molecule has 0 saturated carbocycles. The Kier molecular flexibility index (Phi) is 7.09. The van der Waals surface area contributed by atoms with Crippen LogP contribution >= 0.6 is 46.3 Å². The van der Waals surface area contributed by atoms with E-state index >= 15 is 0 Å². The topological polar surface area (TPSA) is 96.5 Å². The second kappa shape index (κ2) is 10.7. The largest absolute Gasteiger partial charge is 0.503 e. The molecule has 6 rings (SSSR count). The first-order chi connectivity index (χ1) is 19.3. The van der Waals surface area contributed by atoms with Gasteiger partial charge in [-0.1, -0.05) is 82.7 Å². The first kappa shape index (κ1) is 26.5. The van der Waals surface area contributed by atoms with Crippen LogP contribution in [0.1, 0.15) is 27.7 Å². The lowest BCUT2D eigenvalue weighted by molar-refractivity contribution is -0.117. The number of furan rings is 1. The summed E-state index contributed by atoms with van der Waals surface area (Å²) >= 11 is 14.9. The number of thioether (sulfide) groups is 1. The number of nitrogens with zero attached hydrogens (tertiary/aromatic N) is 3. The minimum atomic E-state index is -1.08. The van der Waals surface area contributed by atoms with E-state index < -0.39 is 23.5 Å². The number of aliphatic hydroxyl groups is 1. The van der Waals surface area contributed by atoms with Gasteiger partial charge in [0.05, 0.1) is 21.7 Å². The molecule has 1 aliphatic rings. The molecule has 1 aliphatic heterocycles. The number of hydrogen-bond acceptors (Lipinski definition) is 8. The Morgan fingerprint density at radius 1 is 1.05 bits per heavy atom. The van der Waals surface area contributed by atoms with Gasteiger partial charge in [-0.25, -0.2) is 4.39 Å². The number of amides is 1. The summed E-state index contributed by atoms with van der Waals surface area (Å²) in [6.07, 6.45) is 0. The van der Waals surface area contributed by atoms with Crippen molar-refractivity contribution in [2.24, 2.45) is 0 Å². The number of anilines is 1. The lowest BCUT2D eigenvalue weighted by Gasteiger charge is -2.24. The summed E-state index contributed by atoms with van der Waals surface area (Å²) in [5.41, 5.74) is 1.62. The van der Waals surface area contributed by atoms with E-state index in [9.17, 15) is 19.1 Å². The molecule has 0 spiro atoms. The number of hydrogen-bond donors (Lipinski definition) is 1. The van der Waals surface area contributed by atoms with Crippen molar-refractivity contribution < 1.29 is 23.5 Å². The molecule has 0 fully saturated rings. The van der Waals surface area contributed by atoms with E-state index in [-0.39, 0.29) is 32.3 Å². The third kappa shape index (κ3) is 4.88. The van der Waals surface area contributed by atoms with Crippen LogP contribution in [-0.4, -0.2) is 27.0 Å². The lowest BCUT2D eigenvalue weighted by Crippen LogP contribution is -2.31. The number of benzene rings is 3. The van der Waals surface area contributed by atoms with Gasteiger partial charge < -0.3 is 9.52 Å². The van der Waals surface area contributed by atoms with Crippen molar-refractivity contribution in [1.82, 2.24) is 10.2 Å². The minimum absolute atomic E-state index is 0.0322. The van der Waals surface area contributed by atoms with Crippen molar-refractivity contribution in [2.75, 3.05) is 4.90 Å². The Morgan fingerprint density at radius 2 is 1.82 bits per heavy atom. The number of aromatic nitrogens is 2. The number of ketones is 1. The summed E-state index contributed by atoms with van der Waals surface area (Å²) in [6, 6.07) is 18.4. The average Bonchev–Trinajstić information content (AvgIpc) is 3.66. The van der Waals surface area contributed by atoms with Gasteiger partial charge in [0.15, 0.2) is 15.9 Å². The predicted molar refractivity (Wildman–Crippen MR) is 153 cm³/mol. The molecule has 0 saturated heterocycles. The van der Waals surface area contributed by atoms with Gasteiger partial charge >= 0.3 is 0 Å². The van der Waals surface area contributed by atoms with Crippen LogP contribution in [-0.2, 0) is 10.5 Å². The number of aliphatic hydroxyl groups excluding tert-OH is 1. The molecule has 1 N–H and O–H groups in total. The van der Waals surface area contributed by atoms with Gasteiger partial charge in [-0.05, 0) is 47.5 Å². The Balaban J connectivity index is 1.37. The number of carbonyl (C=O) groups is 2. The maximum Gasteiger partial charge on any atom is 0.296 e. The fourth-order valence-electron chi connectivity index (χ4n) is 4.34. The van der Waals surface area contributed by atoms with Gasteiger partial charge in [-0.3, -0.25) is 14.5 Å². The lowest BCUT2D eigenvalue weighted by atomic mass is 9.95. The monoisotopic (exact) mass is 611 g/mol. The highest BCUT2D eigenvalue weighted by molar-refractivity contribution is 8.00. The van der Waals surface area contributed by atoms with Gasteiger partial charge in [0.1, 0.15) is 11.4 Å². The summed E-state index contributed by atoms with van der Waals surface area (Å²) < 4.78 is 19.5. The van der Waals surface area contributed by atoms with Crippen LogP contribution in [0.2, 0.25) is 10.0 Å². The van der Waals surface area contributed by atoms with Crippen LogP contribution in [0.15, 0.2) is 92.9 Å². The Hall–Kier alpha value is -3.70. The average molecular weight is 612 g/mol. The van der Waals surface area contributed by atoms with E-state index in [4.69, 9.17) is 27.6 Å². The highest BCUT2D eigenvalue weighted by Gasteiger charge is 2.47. The number of para-hydroxylation sites is 1. The quantitative estimate of drug-likeness (QED) is 0.114. The van der Waals surface area contributed by atoms with E-state index in [1.165, 1.54) is 34.9 Å². The van der Waals surface area contributed by atoms with Gasteiger partial charge in [0, 0.05) is 11.1 Å². The molecular formula is C28H16Cl2FN3O4S2. The Morgan fingerprint density at radius 3 is 2.58 bits per heavy atom. The third-order valence-electron chi connectivity index (χ3n) is 6.24. The van der Waals surface area contributed by atoms with Gasteiger partial charge in [-0.15, -0.1) is 10.2 Å². The third-order valence-corrected chi connectivity index (χ3v) is 9.10. The molecule has 2 aromatic heterocycles. The van der Waals surface area contributed by atoms with Gasteiger partial charge in [0.25, 0.3) is 5.91 Å². The molecular weight excluding hydrogens is 596 g/mol. The summed E-state index contributed by atoms with van der Waals surface area (Å²) in [6.45, 7) is 0. The van der Waals surface area contributed by atoms with Crippen LogP contribution in [0.3, 0.4) is 0 Å². The van der Waals surface area contributed by atoms with E-state index in [2.05, 4.69) is 10.2 Å². The molecule has 5 aromatic rings.